The quantitative estimate of drug-likeness (QED) is 0.899. The third-order valence-electron chi connectivity index (χ3n) is 4.60. The SMILES string of the molecule is O=C(Cc1ccc(F)cc1)NC1CC2CCC(C1)N2C(=O)O. The van der Waals surface area contributed by atoms with Crippen molar-refractivity contribution in [2.45, 2.75) is 50.2 Å². The minimum Gasteiger partial charge on any atom is -0.465 e. The number of carbonyl (C=O) groups excluding carboxylic acids is 1. The summed E-state index contributed by atoms with van der Waals surface area (Å²) in [6, 6.07) is 5.96. The van der Waals surface area contributed by atoms with Crippen LogP contribution in [0.15, 0.2) is 24.3 Å². The second-order valence-electron chi connectivity index (χ2n) is 6.11. The minimum absolute atomic E-state index is 0.0207. The number of carboxylic acid groups (broad SMARTS) is 1. The number of halogens is 1. The summed E-state index contributed by atoms with van der Waals surface area (Å²) in [6.07, 6.45) is 2.47. The van der Waals surface area contributed by atoms with Gasteiger partial charge in [-0.15, -0.1) is 0 Å². The maximum absolute atomic E-state index is 12.8. The molecule has 2 aliphatic rings. The second kappa shape index (κ2) is 5.94. The van der Waals surface area contributed by atoms with Gasteiger partial charge >= 0.3 is 6.09 Å². The van der Waals surface area contributed by atoms with Crippen molar-refractivity contribution in [2.75, 3.05) is 0 Å². The number of rotatable bonds is 3. The van der Waals surface area contributed by atoms with E-state index in [0.717, 1.165) is 18.4 Å². The highest BCUT2D eigenvalue weighted by molar-refractivity contribution is 5.79. The topological polar surface area (TPSA) is 69.6 Å². The Morgan fingerprint density at radius 1 is 1.18 bits per heavy atom. The third kappa shape index (κ3) is 3.05. The summed E-state index contributed by atoms with van der Waals surface area (Å²) in [6.45, 7) is 0. The molecule has 2 fully saturated rings. The summed E-state index contributed by atoms with van der Waals surface area (Å²) in [5.74, 6) is -0.415. The van der Waals surface area contributed by atoms with Crippen LogP contribution in [0.25, 0.3) is 0 Å². The van der Waals surface area contributed by atoms with Gasteiger partial charge in [0, 0.05) is 18.1 Å². The van der Waals surface area contributed by atoms with Crippen LogP contribution < -0.4 is 5.32 Å². The van der Waals surface area contributed by atoms with Crippen molar-refractivity contribution in [2.24, 2.45) is 0 Å². The Kier molecular flexibility index (Phi) is 4.00. The van der Waals surface area contributed by atoms with E-state index in [2.05, 4.69) is 5.32 Å². The Labute approximate surface area is 128 Å². The second-order valence-corrected chi connectivity index (χ2v) is 6.11. The highest BCUT2D eigenvalue weighted by Crippen LogP contribution is 2.35. The molecule has 2 bridgehead atoms. The molecule has 0 radical (unpaired) electrons. The van der Waals surface area contributed by atoms with Gasteiger partial charge in [-0.05, 0) is 43.4 Å². The van der Waals surface area contributed by atoms with Gasteiger partial charge < -0.3 is 15.3 Å². The van der Waals surface area contributed by atoms with Gasteiger partial charge in [0.25, 0.3) is 0 Å². The minimum atomic E-state index is -0.858. The van der Waals surface area contributed by atoms with Crippen molar-refractivity contribution < 1.29 is 19.1 Å². The molecule has 0 saturated carbocycles. The first-order valence-corrected chi connectivity index (χ1v) is 7.58. The number of carbonyl (C=O) groups is 2. The summed E-state index contributed by atoms with van der Waals surface area (Å²) in [5, 5.41) is 12.2. The monoisotopic (exact) mass is 306 g/mol. The van der Waals surface area contributed by atoms with Crippen LogP contribution in [-0.4, -0.2) is 40.1 Å². The summed E-state index contributed by atoms with van der Waals surface area (Å²) >= 11 is 0. The number of amides is 2. The maximum atomic E-state index is 12.8. The first-order chi connectivity index (χ1) is 10.5. The van der Waals surface area contributed by atoms with E-state index in [0.29, 0.717) is 12.8 Å². The van der Waals surface area contributed by atoms with E-state index in [9.17, 15) is 19.1 Å². The van der Waals surface area contributed by atoms with E-state index < -0.39 is 6.09 Å². The molecule has 6 heteroatoms. The maximum Gasteiger partial charge on any atom is 0.407 e. The first kappa shape index (κ1) is 14.8. The normalized spacial score (nSPS) is 26.8. The molecule has 22 heavy (non-hydrogen) atoms. The molecule has 2 saturated heterocycles. The van der Waals surface area contributed by atoms with E-state index in [1.54, 1.807) is 17.0 Å². The van der Waals surface area contributed by atoms with Crippen LogP contribution in [0.3, 0.4) is 0 Å². The molecule has 2 unspecified atom stereocenters. The Morgan fingerprint density at radius 3 is 2.32 bits per heavy atom. The molecule has 0 aromatic heterocycles. The van der Waals surface area contributed by atoms with Crippen molar-refractivity contribution >= 4 is 12.0 Å². The molecular formula is C16H19FN2O3. The van der Waals surface area contributed by atoms with Gasteiger partial charge in [0.05, 0.1) is 6.42 Å². The van der Waals surface area contributed by atoms with Gasteiger partial charge in [0.1, 0.15) is 5.82 Å². The summed E-state index contributed by atoms with van der Waals surface area (Å²) in [5.41, 5.74) is 0.768. The van der Waals surface area contributed by atoms with Gasteiger partial charge in [-0.3, -0.25) is 4.79 Å². The fourth-order valence-electron chi connectivity index (χ4n) is 3.67. The zero-order valence-corrected chi connectivity index (χ0v) is 12.2. The largest absolute Gasteiger partial charge is 0.465 e. The van der Waals surface area contributed by atoms with E-state index in [1.165, 1.54) is 12.1 Å². The van der Waals surface area contributed by atoms with Crippen molar-refractivity contribution in [3.63, 3.8) is 0 Å². The lowest BCUT2D eigenvalue weighted by molar-refractivity contribution is -0.121. The number of nitrogens with zero attached hydrogens (tertiary/aromatic N) is 1. The average molecular weight is 306 g/mol. The van der Waals surface area contributed by atoms with Gasteiger partial charge in [-0.1, -0.05) is 12.1 Å². The molecule has 5 nitrogen and oxygen atoms in total. The third-order valence-corrected chi connectivity index (χ3v) is 4.60. The van der Waals surface area contributed by atoms with Crippen LogP contribution in [0.1, 0.15) is 31.2 Å². The number of nitrogens with one attached hydrogen (secondary N) is 1. The lowest BCUT2D eigenvalue weighted by Crippen LogP contribution is -2.52. The molecule has 118 valence electrons. The first-order valence-electron chi connectivity index (χ1n) is 7.58. The number of hydrogen-bond donors (Lipinski definition) is 2. The Hall–Kier alpha value is -2.11. The summed E-state index contributed by atoms with van der Waals surface area (Å²) in [4.78, 5) is 24.8. The summed E-state index contributed by atoms with van der Waals surface area (Å²) in [7, 11) is 0. The molecule has 2 aliphatic heterocycles. The van der Waals surface area contributed by atoms with E-state index in [-0.39, 0.29) is 36.3 Å². The van der Waals surface area contributed by atoms with Crippen LogP contribution in [0.5, 0.6) is 0 Å². The number of piperidine rings is 1. The van der Waals surface area contributed by atoms with E-state index in [1.807, 2.05) is 0 Å². The molecule has 2 N–H and O–H groups in total. The Balaban J connectivity index is 1.55. The number of benzene rings is 1. The van der Waals surface area contributed by atoms with Crippen LogP contribution in [0, 0.1) is 5.82 Å². The van der Waals surface area contributed by atoms with Gasteiger partial charge in [-0.25, -0.2) is 9.18 Å². The Bertz CT molecular complexity index is 561. The molecule has 2 amide bonds. The fraction of sp³-hybridized carbons (Fsp3) is 0.500. The zero-order valence-electron chi connectivity index (χ0n) is 12.2. The predicted octanol–water partition coefficient (Wildman–Crippen LogP) is 2.16. The molecule has 2 atom stereocenters. The molecule has 0 aliphatic carbocycles. The van der Waals surface area contributed by atoms with Gasteiger partial charge in [-0.2, -0.15) is 0 Å². The lowest BCUT2D eigenvalue weighted by Gasteiger charge is -2.37. The van der Waals surface area contributed by atoms with Gasteiger partial charge in [0.2, 0.25) is 5.91 Å². The molecule has 1 aromatic carbocycles. The lowest BCUT2D eigenvalue weighted by atomic mass is 9.97. The fourth-order valence-corrected chi connectivity index (χ4v) is 3.67. The van der Waals surface area contributed by atoms with E-state index >= 15 is 0 Å². The van der Waals surface area contributed by atoms with Crippen LogP contribution in [0.4, 0.5) is 9.18 Å². The highest BCUT2D eigenvalue weighted by Gasteiger charge is 2.43. The van der Waals surface area contributed by atoms with E-state index in [4.69, 9.17) is 0 Å². The standard InChI is InChI=1S/C16H19FN2O3/c17-11-3-1-10(2-4-11)7-15(20)18-12-8-13-5-6-14(9-12)19(13)16(21)22/h1-4,12-14H,5-9H2,(H,18,20)(H,21,22). The molecule has 1 aromatic rings. The molecule has 0 spiro atoms. The predicted molar refractivity (Wildman–Crippen MR) is 77.9 cm³/mol. The van der Waals surface area contributed by atoms with Crippen LogP contribution in [-0.2, 0) is 11.2 Å². The van der Waals surface area contributed by atoms with Crippen LogP contribution >= 0.6 is 0 Å². The molecule has 3 rings (SSSR count). The highest BCUT2D eigenvalue weighted by atomic mass is 19.1. The number of fused-ring (bicyclic) bond motifs is 2. The van der Waals surface area contributed by atoms with Crippen molar-refractivity contribution in [1.82, 2.24) is 10.2 Å². The van der Waals surface area contributed by atoms with Crippen LogP contribution in [0.2, 0.25) is 0 Å². The number of hydrogen-bond acceptors (Lipinski definition) is 2. The van der Waals surface area contributed by atoms with Crippen molar-refractivity contribution in [3.05, 3.63) is 35.6 Å². The summed E-state index contributed by atoms with van der Waals surface area (Å²) < 4.78 is 12.8. The molecule has 2 heterocycles. The zero-order chi connectivity index (χ0) is 15.7. The molecular weight excluding hydrogens is 287 g/mol. The smallest absolute Gasteiger partial charge is 0.407 e. The average Bonchev–Trinajstić information content (AvgIpc) is 2.74. The Morgan fingerprint density at radius 2 is 1.77 bits per heavy atom. The van der Waals surface area contributed by atoms with Crippen molar-refractivity contribution in [3.8, 4) is 0 Å². The van der Waals surface area contributed by atoms with Gasteiger partial charge in [0.15, 0.2) is 0 Å². The van der Waals surface area contributed by atoms with Crippen molar-refractivity contribution in [1.29, 1.82) is 0 Å².